The van der Waals surface area contributed by atoms with Gasteiger partial charge in [-0.15, -0.1) is 0 Å². The fraction of sp³-hybridized carbons (Fsp3) is 0.210. The number of fused-ring (bicyclic) bond motifs is 5. The lowest BCUT2D eigenvalue weighted by Crippen LogP contribution is -2.26. The van der Waals surface area contributed by atoms with Gasteiger partial charge in [-0.3, -0.25) is 4.57 Å². The molecule has 0 saturated carbocycles. The molecule has 1 aliphatic heterocycles. The van der Waals surface area contributed by atoms with Crippen LogP contribution >= 0.6 is 0 Å². The highest BCUT2D eigenvalue weighted by atomic mass is 16.5. The third-order valence-corrected chi connectivity index (χ3v) is 13.6. The molecule has 4 heterocycles. The van der Waals surface area contributed by atoms with Crippen LogP contribution in [0.1, 0.15) is 79.0 Å². The van der Waals surface area contributed by atoms with E-state index in [0.717, 1.165) is 61.6 Å². The van der Waals surface area contributed by atoms with Crippen molar-refractivity contribution in [3.63, 3.8) is 0 Å². The summed E-state index contributed by atoms with van der Waals surface area (Å²) in [6.07, 6.45) is 1.74. The van der Waals surface area contributed by atoms with E-state index in [-0.39, 0.29) is 16.2 Å². The van der Waals surface area contributed by atoms with Crippen LogP contribution < -0.4 is 14.5 Å². The zero-order chi connectivity index (χ0) is 47.1. The van der Waals surface area contributed by atoms with Gasteiger partial charge in [0.05, 0.1) is 34.4 Å². The van der Waals surface area contributed by atoms with Crippen LogP contribution in [0.25, 0.3) is 61.0 Å². The quantitative estimate of drug-likeness (QED) is 0.160. The van der Waals surface area contributed by atoms with Gasteiger partial charge in [-0.25, -0.2) is 0 Å². The Morgan fingerprint density at radius 1 is 0.485 bits per heavy atom. The first-order chi connectivity index (χ1) is 32.6. The average molecular weight is 891 g/mol. The molecule has 7 aromatic carbocycles. The van der Waals surface area contributed by atoms with Gasteiger partial charge >= 0.3 is 0 Å². The second kappa shape index (κ2) is 16.1. The number of aromatic nitrogens is 2. The Balaban J connectivity index is 1.05. The molecule has 0 radical (unpaired) electrons. The Bertz CT molecular complexity index is 3470. The predicted molar refractivity (Wildman–Crippen MR) is 284 cm³/mol. The van der Waals surface area contributed by atoms with Crippen LogP contribution in [-0.4, -0.2) is 16.2 Å². The van der Waals surface area contributed by atoms with Crippen LogP contribution in [0.5, 0.6) is 11.5 Å². The molecule has 1 aliphatic rings. The predicted octanol–water partition coefficient (Wildman–Crippen LogP) is 17.2. The van der Waals surface area contributed by atoms with Gasteiger partial charge in [0.1, 0.15) is 24.0 Å². The molecule has 0 bridgehead atoms. The van der Waals surface area contributed by atoms with Gasteiger partial charge in [0.15, 0.2) is 0 Å². The molecule has 0 atom stereocenters. The van der Waals surface area contributed by atoms with Crippen molar-refractivity contribution in [2.24, 2.45) is 0 Å². The van der Waals surface area contributed by atoms with E-state index in [2.05, 4.69) is 240 Å². The lowest BCUT2D eigenvalue weighted by Gasteiger charge is -2.30. The van der Waals surface area contributed by atoms with Crippen LogP contribution in [0.4, 0.5) is 22.7 Å². The van der Waals surface area contributed by atoms with Crippen molar-refractivity contribution in [3.05, 3.63) is 193 Å². The minimum absolute atomic E-state index is 0.0632. The van der Waals surface area contributed by atoms with Gasteiger partial charge in [-0.05, 0) is 111 Å². The molecule has 0 N–H and O–H groups in total. The van der Waals surface area contributed by atoms with Crippen molar-refractivity contribution in [2.45, 2.75) is 78.6 Å². The van der Waals surface area contributed by atoms with E-state index in [1.165, 1.54) is 44.6 Å². The highest BCUT2D eigenvalue weighted by Crippen LogP contribution is 2.52. The molecule has 10 aromatic rings. The highest BCUT2D eigenvalue weighted by Gasteiger charge is 2.34. The summed E-state index contributed by atoms with van der Waals surface area (Å²) in [5.41, 5.74) is 15.4. The maximum Gasteiger partial charge on any atom is 0.228 e. The van der Waals surface area contributed by atoms with Gasteiger partial charge in [-0.1, -0.05) is 153 Å². The van der Waals surface area contributed by atoms with Gasteiger partial charge in [0.25, 0.3) is 0 Å². The summed E-state index contributed by atoms with van der Waals surface area (Å²) >= 11 is 0. The number of benzene rings is 7. The number of rotatable bonds is 7. The van der Waals surface area contributed by atoms with Gasteiger partial charge in [0, 0.05) is 45.1 Å². The molecule has 68 heavy (non-hydrogen) atoms. The van der Waals surface area contributed by atoms with E-state index in [9.17, 15) is 0 Å². The van der Waals surface area contributed by atoms with Gasteiger partial charge in [-0.2, -0.15) is 4.98 Å². The molecule has 0 unspecified atom stereocenters. The third-order valence-electron chi connectivity index (χ3n) is 13.6. The average Bonchev–Trinajstić information content (AvgIpc) is 4.05. The van der Waals surface area contributed by atoms with Crippen molar-refractivity contribution < 1.29 is 9.15 Å². The lowest BCUT2D eigenvalue weighted by atomic mass is 9.82. The Labute approximate surface area is 400 Å². The standard InChI is InChI=1S/C62H58N4O2/c1-60(2,3)42-32-44(36-46(33-42)68-45-28-29-48-47-24-16-17-25-53(47)66(56(48)37-45)57-38-52(62(7,8)9)49-30-31-67-59(49)63-57)64-39-65(55-27-19-18-26-54(55)64)58-50(40-20-12-10-13-21-40)34-43(61(4,5)6)35-51(58)41-22-14-11-15-23-41/h10-38H,39H2,1-9H3. The SMILES string of the molecule is CC(C)(C)c1cc(Oc2ccc3c4ccccc4n(-c4cc(C(C)(C)C)c5ccoc5n4)c3c2)cc(N2CN(c3c(-c4ccccc4)cc(C(C)(C)C)cc3-c3ccccc3)c3ccccc32)c1. The molecule has 0 aliphatic carbocycles. The first-order valence-corrected chi connectivity index (χ1v) is 23.8. The number of pyridine rings is 1. The number of furan rings is 1. The molecule has 6 heteroatoms. The van der Waals surface area contributed by atoms with Gasteiger partial charge in [0.2, 0.25) is 5.71 Å². The molecule has 3 aromatic heterocycles. The van der Waals surface area contributed by atoms with Crippen molar-refractivity contribution in [1.29, 1.82) is 0 Å². The molecule has 338 valence electrons. The summed E-state index contributed by atoms with van der Waals surface area (Å²) in [7, 11) is 0. The van der Waals surface area contributed by atoms with Crippen molar-refractivity contribution in [3.8, 4) is 39.6 Å². The fourth-order valence-corrected chi connectivity index (χ4v) is 9.96. The summed E-state index contributed by atoms with van der Waals surface area (Å²) in [6.45, 7) is 21.1. The number of hydrogen-bond donors (Lipinski definition) is 0. The zero-order valence-electron chi connectivity index (χ0n) is 40.6. The molecule has 11 rings (SSSR count). The van der Waals surface area contributed by atoms with Crippen molar-refractivity contribution in [1.82, 2.24) is 9.55 Å². The molecule has 6 nitrogen and oxygen atoms in total. The second-order valence-corrected chi connectivity index (χ2v) is 21.4. The smallest absolute Gasteiger partial charge is 0.228 e. The molecule has 0 amide bonds. The number of hydrogen-bond acceptors (Lipinski definition) is 5. The van der Waals surface area contributed by atoms with Crippen molar-refractivity contribution >= 4 is 55.7 Å². The second-order valence-electron chi connectivity index (χ2n) is 21.4. The highest BCUT2D eigenvalue weighted by molar-refractivity contribution is 6.09. The van der Waals surface area contributed by atoms with E-state index in [0.29, 0.717) is 12.4 Å². The lowest BCUT2D eigenvalue weighted by molar-refractivity contribution is 0.479. The first-order valence-electron chi connectivity index (χ1n) is 23.8. The summed E-state index contributed by atoms with van der Waals surface area (Å²) in [4.78, 5) is 10.1. The van der Waals surface area contributed by atoms with E-state index >= 15 is 0 Å². The Kier molecular flexibility index (Phi) is 10.2. The van der Waals surface area contributed by atoms with Crippen LogP contribution in [0.2, 0.25) is 0 Å². The van der Waals surface area contributed by atoms with E-state index in [4.69, 9.17) is 14.1 Å². The Hall–Kier alpha value is -7.57. The normalized spacial score (nSPS) is 13.2. The minimum atomic E-state index is -0.159. The Morgan fingerprint density at radius 2 is 1.07 bits per heavy atom. The fourth-order valence-electron chi connectivity index (χ4n) is 9.96. The van der Waals surface area contributed by atoms with Crippen LogP contribution in [0.15, 0.2) is 181 Å². The first kappa shape index (κ1) is 43.0. The number of anilines is 4. The summed E-state index contributed by atoms with van der Waals surface area (Å²) in [6, 6.07) is 61.4. The molecule has 0 saturated heterocycles. The maximum atomic E-state index is 7.05. The maximum absolute atomic E-state index is 7.05. The number of nitrogens with zero attached hydrogens (tertiary/aromatic N) is 4. The third kappa shape index (κ3) is 7.58. The van der Waals surface area contributed by atoms with Gasteiger partial charge < -0.3 is 19.0 Å². The summed E-state index contributed by atoms with van der Waals surface area (Å²) in [5, 5.41) is 3.32. The van der Waals surface area contributed by atoms with Crippen LogP contribution in [0, 0.1) is 0 Å². The summed E-state index contributed by atoms with van der Waals surface area (Å²) < 4.78 is 15.3. The summed E-state index contributed by atoms with van der Waals surface area (Å²) in [5.74, 6) is 2.34. The monoisotopic (exact) mass is 890 g/mol. The molecular formula is C62H58N4O2. The van der Waals surface area contributed by atoms with Crippen LogP contribution in [-0.2, 0) is 16.2 Å². The zero-order valence-corrected chi connectivity index (χ0v) is 40.6. The number of para-hydroxylation sites is 3. The van der Waals surface area contributed by atoms with Crippen molar-refractivity contribution in [2.75, 3.05) is 16.5 Å². The Morgan fingerprint density at radius 3 is 1.72 bits per heavy atom. The molecule has 0 fully saturated rings. The molecular weight excluding hydrogens is 833 g/mol. The molecule has 0 spiro atoms. The van der Waals surface area contributed by atoms with E-state index in [1.807, 2.05) is 6.07 Å². The number of ether oxygens (including phenoxy) is 1. The minimum Gasteiger partial charge on any atom is -0.457 e. The topological polar surface area (TPSA) is 46.7 Å². The van der Waals surface area contributed by atoms with Crippen LogP contribution in [0.3, 0.4) is 0 Å². The van der Waals surface area contributed by atoms with E-state index < -0.39 is 0 Å². The van der Waals surface area contributed by atoms with E-state index in [1.54, 1.807) is 6.26 Å². The largest absolute Gasteiger partial charge is 0.457 e.